The van der Waals surface area contributed by atoms with Crippen molar-refractivity contribution in [2.45, 2.75) is 27.7 Å². The Kier molecular flexibility index (Phi) is 2.08. The molecular formula is C8H13N3. The molecule has 0 fully saturated rings. The second kappa shape index (κ2) is 2.86. The number of hydrogen-bond acceptors (Lipinski definition) is 2. The normalized spacial score (nSPS) is 9.82. The summed E-state index contributed by atoms with van der Waals surface area (Å²) in [7, 11) is 0. The SMILES string of the molecule is CC(C)=C(C)c1n[nH]nc1C. The fourth-order valence-corrected chi connectivity index (χ4v) is 0.876. The van der Waals surface area contributed by atoms with E-state index in [0.717, 1.165) is 11.4 Å². The molecule has 0 atom stereocenters. The van der Waals surface area contributed by atoms with Gasteiger partial charge in [-0.1, -0.05) is 5.57 Å². The maximum absolute atomic E-state index is 4.04. The Bertz CT molecular complexity index is 279. The molecule has 1 rings (SSSR count). The maximum Gasteiger partial charge on any atom is 0.111 e. The van der Waals surface area contributed by atoms with E-state index in [2.05, 4.69) is 36.2 Å². The second-order valence-electron chi connectivity index (χ2n) is 2.88. The van der Waals surface area contributed by atoms with Crippen LogP contribution in [0.5, 0.6) is 0 Å². The zero-order chi connectivity index (χ0) is 8.43. The van der Waals surface area contributed by atoms with Crippen LogP contribution in [0.15, 0.2) is 5.57 Å². The lowest BCUT2D eigenvalue weighted by atomic mass is 10.1. The minimum atomic E-state index is 0.962. The topological polar surface area (TPSA) is 41.6 Å². The molecule has 0 spiro atoms. The van der Waals surface area contributed by atoms with Gasteiger partial charge >= 0.3 is 0 Å². The lowest BCUT2D eigenvalue weighted by molar-refractivity contribution is 0.925. The predicted octanol–water partition coefficient (Wildman–Crippen LogP) is 1.93. The Labute approximate surface area is 66.5 Å². The molecule has 0 saturated carbocycles. The summed E-state index contributed by atoms with van der Waals surface area (Å²) in [4.78, 5) is 0. The first-order chi connectivity index (χ1) is 5.13. The van der Waals surface area contributed by atoms with Crippen molar-refractivity contribution in [2.75, 3.05) is 0 Å². The van der Waals surface area contributed by atoms with E-state index in [4.69, 9.17) is 0 Å². The van der Waals surface area contributed by atoms with Crippen LogP contribution in [0.1, 0.15) is 32.2 Å². The van der Waals surface area contributed by atoms with Gasteiger partial charge in [-0.25, -0.2) is 0 Å². The van der Waals surface area contributed by atoms with Crippen molar-refractivity contribution < 1.29 is 0 Å². The van der Waals surface area contributed by atoms with Gasteiger partial charge < -0.3 is 0 Å². The van der Waals surface area contributed by atoms with E-state index >= 15 is 0 Å². The molecule has 0 aliphatic carbocycles. The van der Waals surface area contributed by atoms with Crippen LogP contribution in [-0.2, 0) is 0 Å². The molecule has 0 saturated heterocycles. The van der Waals surface area contributed by atoms with Crippen LogP contribution in [-0.4, -0.2) is 15.4 Å². The summed E-state index contributed by atoms with van der Waals surface area (Å²) in [5, 5.41) is 10.6. The lowest BCUT2D eigenvalue weighted by Crippen LogP contribution is -1.85. The predicted molar refractivity (Wildman–Crippen MR) is 45.1 cm³/mol. The van der Waals surface area contributed by atoms with Crippen molar-refractivity contribution >= 4 is 5.57 Å². The molecule has 0 aliphatic heterocycles. The zero-order valence-electron chi connectivity index (χ0n) is 7.39. The van der Waals surface area contributed by atoms with Gasteiger partial charge in [-0.3, -0.25) is 0 Å². The molecule has 1 heterocycles. The molecule has 0 unspecified atom stereocenters. The smallest absolute Gasteiger partial charge is 0.111 e. The highest BCUT2D eigenvalue weighted by atomic mass is 15.3. The van der Waals surface area contributed by atoms with Crippen molar-refractivity contribution in [3.8, 4) is 0 Å². The minimum Gasteiger partial charge on any atom is -0.197 e. The maximum atomic E-state index is 4.04. The molecule has 0 radical (unpaired) electrons. The van der Waals surface area contributed by atoms with Crippen LogP contribution in [0.2, 0.25) is 0 Å². The molecule has 60 valence electrons. The van der Waals surface area contributed by atoms with Crippen LogP contribution in [0.25, 0.3) is 5.57 Å². The molecule has 0 aromatic carbocycles. The summed E-state index contributed by atoms with van der Waals surface area (Å²) in [6, 6.07) is 0. The number of aromatic nitrogens is 3. The number of aryl methyl sites for hydroxylation is 1. The van der Waals surface area contributed by atoms with Gasteiger partial charge in [-0.2, -0.15) is 15.4 Å². The number of aromatic amines is 1. The molecule has 11 heavy (non-hydrogen) atoms. The average Bonchev–Trinajstić information content (AvgIpc) is 2.33. The summed E-state index contributed by atoms with van der Waals surface area (Å²) in [6.45, 7) is 8.15. The molecule has 3 heteroatoms. The van der Waals surface area contributed by atoms with Crippen molar-refractivity contribution in [1.29, 1.82) is 0 Å². The monoisotopic (exact) mass is 151 g/mol. The molecule has 0 aliphatic rings. The number of hydrogen-bond donors (Lipinski definition) is 1. The molecular weight excluding hydrogens is 138 g/mol. The largest absolute Gasteiger partial charge is 0.197 e. The van der Waals surface area contributed by atoms with Gasteiger partial charge in [0.05, 0.1) is 5.69 Å². The summed E-state index contributed by atoms with van der Waals surface area (Å²) in [6.07, 6.45) is 0. The van der Waals surface area contributed by atoms with Crippen LogP contribution < -0.4 is 0 Å². The van der Waals surface area contributed by atoms with Crippen LogP contribution in [0, 0.1) is 6.92 Å². The Morgan fingerprint density at radius 3 is 2.18 bits per heavy atom. The standard InChI is InChI=1S/C8H13N3/c1-5(2)6(3)8-7(4)9-11-10-8/h1-4H3,(H,9,10,11). The minimum absolute atomic E-state index is 0.962. The van der Waals surface area contributed by atoms with Gasteiger partial charge in [0.2, 0.25) is 0 Å². The Morgan fingerprint density at radius 2 is 1.82 bits per heavy atom. The summed E-state index contributed by atoms with van der Waals surface area (Å²) >= 11 is 0. The fraction of sp³-hybridized carbons (Fsp3) is 0.500. The van der Waals surface area contributed by atoms with E-state index in [1.165, 1.54) is 11.1 Å². The quantitative estimate of drug-likeness (QED) is 0.666. The van der Waals surface area contributed by atoms with Gasteiger partial charge in [0.15, 0.2) is 0 Å². The number of nitrogens with one attached hydrogen (secondary N) is 1. The van der Waals surface area contributed by atoms with E-state index < -0.39 is 0 Å². The van der Waals surface area contributed by atoms with Gasteiger partial charge in [-0.05, 0) is 33.3 Å². The van der Waals surface area contributed by atoms with Crippen molar-refractivity contribution in [1.82, 2.24) is 15.4 Å². The van der Waals surface area contributed by atoms with E-state index in [0.29, 0.717) is 0 Å². The number of nitrogens with zero attached hydrogens (tertiary/aromatic N) is 2. The Balaban J connectivity index is 3.12. The van der Waals surface area contributed by atoms with Crippen molar-refractivity contribution in [3.63, 3.8) is 0 Å². The second-order valence-corrected chi connectivity index (χ2v) is 2.88. The molecule has 3 nitrogen and oxygen atoms in total. The van der Waals surface area contributed by atoms with E-state index in [1.807, 2.05) is 6.92 Å². The fourth-order valence-electron chi connectivity index (χ4n) is 0.876. The van der Waals surface area contributed by atoms with E-state index in [9.17, 15) is 0 Å². The summed E-state index contributed by atoms with van der Waals surface area (Å²) in [5.74, 6) is 0. The van der Waals surface area contributed by atoms with Gasteiger partial charge in [0, 0.05) is 0 Å². The molecule has 0 amide bonds. The van der Waals surface area contributed by atoms with Gasteiger partial charge in [0.1, 0.15) is 5.69 Å². The summed E-state index contributed by atoms with van der Waals surface area (Å²) < 4.78 is 0. The first kappa shape index (κ1) is 7.98. The van der Waals surface area contributed by atoms with Crippen molar-refractivity contribution in [2.24, 2.45) is 0 Å². The van der Waals surface area contributed by atoms with Crippen molar-refractivity contribution in [3.05, 3.63) is 17.0 Å². The summed E-state index contributed by atoms with van der Waals surface area (Å²) in [5.41, 5.74) is 4.42. The lowest BCUT2D eigenvalue weighted by Gasteiger charge is -1.98. The van der Waals surface area contributed by atoms with Crippen LogP contribution in [0.3, 0.4) is 0 Å². The molecule has 1 aromatic rings. The third-order valence-corrected chi connectivity index (χ3v) is 1.83. The molecule has 1 aromatic heterocycles. The average molecular weight is 151 g/mol. The molecule has 1 N–H and O–H groups in total. The number of rotatable bonds is 1. The Hall–Kier alpha value is -1.12. The first-order valence-corrected chi connectivity index (χ1v) is 3.64. The highest BCUT2D eigenvalue weighted by Crippen LogP contribution is 2.16. The van der Waals surface area contributed by atoms with E-state index in [1.54, 1.807) is 0 Å². The zero-order valence-corrected chi connectivity index (χ0v) is 7.39. The van der Waals surface area contributed by atoms with Gasteiger partial charge in [0.25, 0.3) is 0 Å². The number of H-pyrrole nitrogens is 1. The number of allylic oxidation sites excluding steroid dienone is 2. The third kappa shape index (κ3) is 1.48. The molecule has 0 bridgehead atoms. The van der Waals surface area contributed by atoms with Gasteiger partial charge in [-0.15, -0.1) is 0 Å². The third-order valence-electron chi connectivity index (χ3n) is 1.83. The van der Waals surface area contributed by atoms with Crippen LogP contribution >= 0.6 is 0 Å². The Morgan fingerprint density at radius 1 is 1.18 bits per heavy atom. The first-order valence-electron chi connectivity index (χ1n) is 3.64. The highest BCUT2D eigenvalue weighted by Gasteiger charge is 2.04. The van der Waals surface area contributed by atoms with Crippen LogP contribution in [0.4, 0.5) is 0 Å². The van der Waals surface area contributed by atoms with E-state index in [-0.39, 0.29) is 0 Å². The highest BCUT2D eigenvalue weighted by molar-refractivity contribution is 5.64.